The van der Waals surface area contributed by atoms with E-state index in [2.05, 4.69) is 26.5 Å². The molecular formula is C14H11BrFN3S. The molecule has 0 saturated heterocycles. The van der Waals surface area contributed by atoms with Gasteiger partial charge in [-0.3, -0.25) is 5.43 Å². The third-order valence-electron chi connectivity index (χ3n) is 2.50. The maximum Gasteiger partial charge on any atom is 0.184 e. The van der Waals surface area contributed by atoms with Crippen LogP contribution < -0.4 is 11.2 Å². The summed E-state index contributed by atoms with van der Waals surface area (Å²) in [4.78, 5) is 0. The lowest BCUT2D eigenvalue weighted by molar-refractivity contribution is 0.625. The molecule has 0 spiro atoms. The molecule has 0 atom stereocenters. The van der Waals surface area contributed by atoms with Gasteiger partial charge in [0, 0.05) is 15.6 Å². The zero-order valence-corrected chi connectivity index (χ0v) is 12.7. The molecule has 2 aromatic carbocycles. The first-order valence-corrected chi connectivity index (χ1v) is 6.92. The molecule has 2 aromatic rings. The fourth-order valence-corrected chi connectivity index (χ4v) is 2.13. The van der Waals surface area contributed by atoms with Crippen molar-refractivity contribution in [2.45, 2.75) is 0 Å². The Hall–Kier alpha value is -1.79. The van der Waals surface area contributed by atoms with Gasteiger partial charge in [0.1, 0.15) is 11.5 Å². The molecular weight excluding hydrogens is 341 g/mol. The van der Waals surface area contributed by atoms with Crippen molar-refractivity contribution >= 4 is 39.0 Å². The molecule has 20 heavy (non-hydrogen) atoms. The second-order valence-electron chi connectivity index (χ2n) is 3.93. The summed E-state index contributed by atoms with van der Waals surface area (Å²) < 4.78 is 14.8. The van der Waals surface area contributed by atoms with E-state index in [0.29, 0.717) is 11.3 Å². The predicted octanol–water partition coefficient (Wildman–Crippen LogP) is 3.17. The third-order valence-corrected chi connectivity index (χ3v) is 3.09. The molecule has 0 aliphatic carbocycles. The van der Waals surface area contributed by atoms with Crippen LogP contribution in [0.1, 0.15) is 11.1 Å². The van der Waals surface area contributed by atoms with E-state index in [0.717, 1.165) is 10.0 Å². The van der Waals surface area contributed by atoms with Gasteiger partial charge >= 0.3 is 0 Å². The Morgan fingerprint density at radius 2 is 1.95 bits per heavy atom. The SMILES string of the molecule is NC(=S)N/N=C(/c1cccc(Br)c1)c1ccccc1F. The first kappa shape index (κ1) is 14.6. The van der Waals surface area contributed by atoms with Gasteiger partial charge in [0.25, 0.3) is 0 Å². The minimum atomic E-state index is -0.365. The van der Waals surface area contributed by atoms with Crippen LogP contribution in [0.2, 0.25) is 0 Å². The Balaban J connectivity index is 2.54. The van der Waals surface area contributed by atoms with Gasteiger partial charge in [-0.25, -0.2) is 4.39 Å². The van der Waals surface area contributed by atoms with Crippen LogP contribution in [0, 0.1) is 5.82 Å². The van der Waals surface area contributed by atoms with Gasteiger partial charge in [-0.1, -0.05) is 40.2 Å². The molecule has 0 radical (unpaired) electrons. The zero-order chi connectivity index (χ0) is 14.5. The van der Waals surface area contributed by atoms with Crippen molar-refractivity contribution in [2.24, 2.45) is 10.8 Å². The van der Waals surface area contributed by atoms with Crippen molar-refractivity contribution in [3.8, 4) is 0 Å². The lowest BCUT2D eigenvalue weighted by atomic mass is 10.0. The van der Waals surface area contributed by atoms with Gasteiger partial charge in [0.05, 0.1) is 0 Å². The highest BCUT2D eigenvalue weighted by Gasteiger charge is 2.12. The monoisotopic (exact) mass is 351 g/mol. The molecule has 0 aromatic heterocycles. The van der Waals surface area contributed by atoms with Crippen molar-refractivity contribution in [1.29, 1.82) is 0 Å². The predicted molar refractivity (Wildman–Crippen MR) is 86.1 cm³/mol. The summed E-state index contributed by atoms with van der Waals surface area (Å²) in [5.41, 5.74) is 9.42. The van der Waals surface area contributed by atoms with Crippen LogP contribution in [0.25, 0.3) is 0 Å². The molecule has 0 amide bonds. The van der Waals surface area contributed by atoms with Gasteiger partial charge in [0.15, 0.2) is 5.11 Å². The van der Waals surface area contributed by atoms with Crippen LogP contribution >= 0.6 is 28.1 Å². The van der Waals surface area contributed by atoms with Gasteiger partial charge in [-0.05, 0) is 36.5 Å². The molecule has 0 aliphatic heterocycles. The van der Waals surface area contributed by atoms with Crippen molar-refractivity contribution < 1.29 is 4.39 Å². The first-order valence-electron chi connectivity index (χ1n) is 5.72. The minimum Gasteiger partial charge on any atom is -0.375 e. The molecule has 0 bridgehead atoms. The fraction of sp³-hybridized carbons (Fsp3) is 0. The highest BCUT2D eigenvalue weighted by atomic mass is 79.9. The topological polar surface area (TPSA) is 50.4 Å². The molecule has 2 rings (SSSR count). The van der Waals surface area contributed by atoms with Crippen molar-refractivity contribution in [3.63, 3.8) is 0 Å². The Morgan fingerprint density at radius 3 is 2.60 bits per heavy atom. The highest BCUT2D eigenvalue weighted by molar-refractivity contribution is 9.10. The van der Waals surface area contributed by atoms with E-state index in [4.69, 9.17) is 18.0 Å². The normalized spacial score (nSPS) is 11.2. The van der Waals surface area contributed by atoms with Gasteiger partial charge in [0.2, 0.25) is 0 Å². The molecule has 0 saturated carbocycles. The average molecular weight is 352 g/mol. The number of hydrazone groups is 1. The average Bonchev–Trinajstić information content (AvgIpc) is 2.41. The summed E-state index contributed by atoms with van der Waals surface area (Å²) in [5, 5.41) is 4.13. The first-order chi connectivity index (χ1) is 9.58. The Bertz CT molecular complexity index is 673. The van der Waals surface area contributed by atoms with Crippen molar-refractivity contribution in [3.05, 3.63) is 69.9 Å². The van der Waals surface area contributed by atoms with E-state index in [1.165, 1.54) is 6.07 Å². The van der Waals surface area contributed by atoms with Crippen LogP contribution in [0.15, 0.2) is 58.1 Å². The lowest BCUT2D eigenvalue weighted by Crippen LogP contribution is -2.26. The number of nitrogens with one attached hydrogen (secondary N) is 1. The van der Waals surface area contributed by atoms with Crippen LogP contribution in [0.4, 0.5) is 4.39 Å². The molecule has 0 aliphatic rings. The maximum atomic E-state index is 14.0. The lowest BCUT2D eigenvalue weighted by Gasteiger charge is -2.09. The van der Waals surface area contributed by atoms with Crippen LogP contribution in [-0.2, 0) is 0 Å². The number of hydrogen-bond donors (Lipinski definition) is 2. The van der Waals surface area contributed by atoms with Crippen LogP contribution in [-0.4, -0.2) is 10.8 Å². The number of halogens is 2. The third kappa shape index (κ3) is 3.61. The number of benzene rings is 2. The standard InChI is InChI=1S/C14H11BrFN3S/c15-10-5-3-4-9(8-10)13(18-19-14(17)20)11-6-1-2-7-12(11)16/h1-8H,(H3,17,19,20)/b18-13-. The molecule has 0 unspecified atom stereocenters. The van der Waals surface area contributed by atoms with E-state index in [1.54, 1.807) is 18.2 Å². The molecule has 6 heteroatoms. The van der Waals surface area contributed by atoms with E-state index in [1.807, 2.05) is 24.3 Å². The quantitative estimate of drug-likeness (QED) is 0.507. The van der Waals surface area contributed by atoms with Crippen molar-refractivity contribution in [1.82, 2.24) is 5.43 Å². The highest BCUT2D eigenvalue weighted by Crippen LogP contribution is 2.18. The van der Waals surface area contributed by atoms with Crippen molar-refractivity contribution in [2.75, 3.05) is 0 Å². The van der Waals surface area contributed by atoms with Gasteiger partial charge in [-0.15, -0.1) is 0 Å². The van der Waals surface area contributed by atoms with Crippen LogP contribution in [0.3, 0.4) is 0 Å². The molecule has 0 fully saturated rings. The minimum absolute atomic E-state index is 0.0221. The van der Waals surface area contributed by atoms with E-state index in [-0.39, 0.29) is 10.9 Å². The summed E-state index contributed by atoms with van der Waals surface area (Å²) >= 11 is 8.11. The smallest absolute Gasteiger partial charge is 0.184 e. The Kier molecular flexibility index (Phi) is 4.81. The molecule has 3 nitrogen and oxygen atoms in total. The molecule has 0 heterocycles. The number of thiocarbonyl (C=S) groups is 1. The second kappa shape index (κ2) is 6.58. The second-order valence-corrected chi connectivity index (χ2v) is 5.28. The summed E-state index contributed by atoms with van der Waals surface area (Å²) in [6, 6.07) is 13.8. The van der Waals surface area contributed by atoms with E-state index in [9.17, 15) is 4.39 Å². The molecule has 102 valence electrons. The summed E-state index contributed by atoms with van der Waals surface area (Å²) in [6.07, 6.45) is 0. The number of rotatable bonds is 3. The number of hydrogen-bond acceptors (Lipinski definition) is 2. The number of nitrogens with two attached hydrogens (primary N) is 1. The van der Waals surface area contributed by atoms with Crippen LogP contribution in [0.5, 0.6) is 0 Å². The zero-order valence-electron chi connectivity index (χ0n) is 10.3. The van der Waals surface area contributed by atoms with Gasteiger partial charge < -0.3 is 5.73 Å². The summed E-state index contributed by atoms with van der Waals surface area (Å²) in [5.74, 6) is -0.365. The number of nitrogens with zero attached hydrogens (tertiary/aromatic N) is 1. The Labute approximate surface area is 129 Å². The largest absolute Gasteiger partial charge is 0.375 e. The summed E-state index contributed by atoms with van der Waals surface area (Å²) in [7, 11) is 0. The Morgan fingerprint density at radius 1 is 1.20 bits per heavy atom. The van der Waals surface area contributed by atoms with Gasteiger partial charge in [-0.2, -0.15) is 5.10 Å². The maximum absolute atomic E-state index is 14.0. The summed E-state index contributed by atoms with van der Waals surface area (Å²) in [6.45, 7) is 0. The van der Waals surface area contributed by atoms with E-state index < -0.39 is 0 Å². The van der Waals surface area contributed by atoms with E-state index >= 15 is 0 Å². The molecule has 3 N–H and O–H groups in total. The fourth-order valence-electron chi connectivity index (χ4n) is 1.68.